The van der Waals surface area contributed by atoms with E-state index in [9.17, 15) is 5.11 Å². The molecule has 0 aliphatic carbocycles. The molecule has 3 nitrogen and oxygen atoms in total. The van der Waals surface area contributed by atoms with Gasteiger partial charge < -0.3 is 9.84 Å². The van der Waals surface area contributed by atoms with E-state index in [2.05, 4.69) is 66.4 Å². The van der Waals surface area contributed by atoms with Crippen molar-refractivity contribution in [3.8, 4) is 11.5 Å². The predicted octanol–water partition coefficient (Wildman–Crippen LogP) is 6.32. The summed E-state index contributed by atoms with van der Waals surface area (Å²) in [7, 11) is 0. The molecule has 1 N–H and O–H groups in total. The standard InChI is InChI=1S/C29H33NO2/c1-2-24(22-23-8-4-3-5-9-23)29(25-10-14-27(31)15-11-25)26-12-16-28(17-13-26)32-21-20-30-18-6-7-19-30/h3-5,8-17,31H,2,6-7,18-22H2,1H3/b29-24-. The zero-order valence-corrected chi connectivity index (χ0v) is 19.0. The monoisotopic (exact) mass is 427 g/mol. The summed E-state index contributed by atoms with van der Waals surface area (Å²) in [4.78, 5) is 2.47. The Hall–Kier alpha value is -3.04. The van der Waals surface area contributed by atoms with Gasteiger partial charge in [-0.25, -0.2) is 0 Å². The molecule has 0 bridgehead atoms. The summed E-state index contributed by atoms with van der Waals surface area (Å²) in [5, 5.41) is 9.80. The van der Waals surface area contributed by atoms with Crippen molar-refractivity contribution in [3.63, 3.8) is 0 Å². The Kier molecular flexibility index (Phi) is 7.63. The van der Waals surface area contributed by atoms with Crippen molar-refractivity contribution in [2.45, 2.75) is 32.6 Å². The Bertz CT molecular complexity index is 1000. The van der Waals surface area contributed by atoms with Crippen molar-refractivity contribution >= 4 is 5.57 Å². The molecular weight excluding hydrogens is 394 g/mol. The van der Waals surface area contributed by atoms with E-state index in [0.29, 0.717) is 0 Å². The van der Waals surface area contributed by atoms with Gasteiger partial charge in [0, 0.05) is 6.54 Å². The average molecular weight is 428 g/mol. The number of allylic oxidation sites excluding steroid dienone is 1. The first kappa shape index (κ1) is 22.2. The number of aromatic hydroxyl groups is 1. The normalized spacial score (nSPS) is 14.9. The minimum Gasteiger partial charge on any atom is -0.508 e. The zero-order valence-electron chi connectivity index (χ0n) is 19.0. The lowest BCUT2D eigenvalue weighted by atomic mass is 9.88. The van der Waals surface area contributed by atoms with Crippen molar-refractivity contribution < 1.29 is 9.84 Å². The van der Waals surface area contributed by atoms with Gasteiger partial charge >= 0.3 is 0 Å². The fourth-order valence-electron chi connectivity index (χ4n) is 4.45. The van der Waals surface area contributed by atoms with Gasteiger partial charge in [0.1, 0.15) is 18.1 Å². The Labute approximate surface area is 192 Å². The molecule has 1 heterocycles. The van der Waals surface area contributed by atoms with Crippen LogP contribution in [0.5, 0.6) is 11.5 Å². The molecule has 1 aliphatic rings. The number of hydrogen-bond acceptors (Lipinski definition) is 3. The van der Waals surface area contributed by atoms with Crippen molar-refractivity contribution in [2.75, 3.05) is 26.2 Å². The second-order valence-corrected chi connectivity index (χ2v) is 8.46. The van der Waals surface area contributed by atoms with Gasteiger partial charge in [-0.15, -0.1) is 0 Å². The first-order valence-electron chi connectivity index (χ1n) is 11.7. The van der Waals surface area contributed by atoms with Crippen LogP contribution in [0.2, 0.25) is 0 Å². The average Bonchev–Trinajstić information content (AvgIpc) is 3.35. The second kappa shape index (κ2) is 11.0. The van der Waals surface area contributed by atoms with Crippen LogP contribution in [-0.4, -0.2) is 36.2 Å². The van der Waals surface area contributed by atoms with Crippen LogP contribution in [0.25, 0.3) is 5.57 Å². The third-order valence-electron chi connectivity index (χ3n) is 6.21. The lowest BCUT2D eigenvalue weighted by Gasteiger charge is -2.17. The molecule has 32 heavy (non-hydrogen) atoms. The van der Waals surface area contributed by atoms with Gasteiger partial charge in [-0.1, -0.05) is 67.1 Å². The molecule has 0 unspecified atom stereocenters. The number of hydrogen-bond donors (Lipinski definition) is 1. The van der Waals surface area contributed by atoms with Gasteiger partial charge in [-0.2, -0.15) is 0 Å². The number of ether oxygens (including phenoxy) is 1. The van der Waals surface area contributed by atoms with Gasteiger partial charge in [0.2, 0.25) is 0 Å². The van der Waals surface area contributed by atoms with E-state index in [4.69, 9.17) is 4.74 Å². The van der Waals surface area contributed by atoms with Crippen LogP contribution in [-0.2, 0) is 6.42 Å². The largest absolute Gasteiger partial charge is 0.508 e. The second-order valence-electron chi connectivity index (χ2n) is 8.46. The molecule has 1 aliphatic heterocycles. The molecule has 3 aromatic carbocycles. The van der Waals surface area contributed by atoms with Crippen molar-refractivity contribution in [1.82, 2.24) is 4.90 Å². The molecular formula is C29H33NO2. The summed E-state index contributed by atoms with van der Waals surface area (Å²) in [6.07, 6.45) is 4.48. The maximum Gasteiger partial charge on any atom is 0.119 e. The maximum absolute atomic E-state index is 9.80. The highest BCUT2D eigenvalue weighted by molar-refractivity contribution is 5.82. The molecule has 1 saturated heterocycles. The van der Waals surface area contributed by atoms with Crippen LogP contribution >= 0.6 is 0 Å². The molecule has 0 aromatic heterocycles. The number of likely N-dealkylation sites (tertiary alicyclic amines) is 1. The van der Waals surface area contributed by atoms with E-state index in [-0.39, 0.29) is 5.75 Å². The molecule has 1 fully saturated rings. The van der Waals surface area contributed by atoms with E-state index < -0.39 is 0 Å². The van der Waals surface area contributed by atoms with Crippen molar-refractivity contribution in [3.05, 3.63) is 101 Å². The smallest absolute Gasteiger partial charge is 0.119 e. The third-order valence-corrected chi connectivity index (χ3v) is 6.21. The van der Waals surface area contributed by atoms with Gasteiger partial charge in [0.25, 0.3) is 0 Å². The highest BCUT2D eigenvalue weighted by atomic mass is 16.5. The Morgan fingerprint density at radius 1 is 0.844 bits per heavy atom. The Morgan fingerprint density at radius 3 is 2.09 bits per heavy atom. The van der Waals surface area contributed by atoms with Crippen LogP contribution in [0.3, 0.4) is 0 Å². The van der Waals surface area contributed by atoms with E-state index >= 15 is 0 Å². The highest BCUT2D eigenvalue weighted by Gasteiger charge is 2.13. The van der Waals surface area contributed by atoms with E-state index in [1.807, 2.05) is 12.1 Å². The molecule has 0 amide bonds. The lowest BCUT2D eigenvalue weighted by molar-refractivity contribution is 0.238. The SMILES string of the molecule is CC/C(Cc1ccccc1)=C(\c1ccc(O)cc1)c1ccc(OCCN2CCCC2)cc1. The quantitative estimate of drug-likeness (QED) is 0.434. The van der Waals surface area contributed by atoms with Gasteiger partial charge in [-0.3, -0.25) is 4.90 Å². The summed E-state index contributed by atoms with van der Waals surface area (Å²) in [6.45, 7) is 6.34. The summed E-state index contributed by atoms with van der Waals surface area (Å²) >= 11 is 0. The zero-order chi connectivity index (χ0) is 22.2. The van der Waals surface area contributed by atoms with Crippen LogP contribution in [0.1, 0.15) is 42.9 Å². The van der Waals surface area contributed by atoms with E-state index in [1.165, 1.54) is 48.2 Å². The van der Waals surface area contributed by atoms with Crippen molar-refractivity contribution in [1.29, 1.82) is 0 Å². The molecule has 0 atom stereocenters. The van der Waals surface area contributed by atoms with E-state index in [0.717, 1.165) is 37.3 Å². The Morgan fingerprint density at radius 2 is 1.47 bits per heavy atom. The fraction of sp³-hybridized carbons (Fsp3) is 0.310. The molecule has 3 aromatic rings. The third kappa shape index (κ3) is 5.80. The van der Waals surface area contributed by atoms with Crippen LogP contribution in [0.15, 0.2) is 84.4 Å². The molecule has 166 valence electrons. The van der Waals surface area contributed by atoms with Gasteiger partial charge in [-0.05, 0) is 85.3 Å². The first-order valence-corrected chi connectivity index (χ1v) is 11.7. The van der Waals surface area contributed by atoms with E-state index in [1.54, 1.807) is 12.1 Å². The molecule has 0 radical (unpaired) electrons. The number of rotatable bonds is 9. The summed E-state index contributed by atoms with van der Waals surface area (Å²) in [5.41, 5.74) is 6.22. The van der Waals surface area contributed by atoms with Gasteiger partial charge in [0.05, 0.1) is 0 Å². The number of phenolic OH excluding ortho intramolecular Hbond substituents is 1. The van der Waals surface area contributed by atoms with Crippen LogP contribution in [0.4, 0.5) is 0 Å². The predicted molar refractivity (Wildman–Crippen MR) is 132 cm³/mol. The number of nitrogens with zero attached hydrogens (tertiary/aromatic N) is 1. The molecule has 3 heteroatoms. The molecule has 4 rings (SSSR count). The minimum atomic E-state index is 0.288. The summed E-state index contributed by atoms with van der Waals surface area (Å²) in [5.74, 6) is 1.20. The number of phenols is 1. The van der Waals surface area contributed by atoms with Crippen molar-refractivity contribution in [2.24, 2.45) is 0 Å². The Balaban J connectivity index is 1.58. The summed E-state index contributed by atoms with van der Waals surface area (Å²) in [6, 6.07) is 26.6. The van der Waals surface area contributed by atoms with Crippen LogP contribution < -0.4 is 4.74 Å². The lowest BCUT2D eigenvalue weighted by Crippen LogP contribution is -2.25. The molecule has 0 spiro atoms. The fourth-order valence-corrected chi connectivity index (χ4v) is 4.45. The first-order chi connectivity index (χ1) is 15.7. The van der Waals surface area contributed by atoms with Crippen LogP contribution in [0, 0.1) is 0 Å². The minimum absolute atomic E-state index is 0.288. The summed E-state index contributed by atoms with van der Waals surface area (Å²) < 4.78 is 6.02. The van der Waals surface area contributed by atoms with Gasteiger partial charge in [0.15, 0.2) is 0 Å². The number of benzene rings is 3. The maximum atomic E-state index is 9.80. The topological polar surface area (TPSA) is 32.7 Å². The molecule has 0 saturated carbocycles. The highest BCUT2D eigenvalue weighted by Crippen LogP contribution is 2.32.